The predicted octanol–water partition coefficient (Wildman–Crippen LogP) is 2.77. The minimum atomic E-state index is 0.682. The zero-order valence-electron chi connectivity index (χ0n) is 10.5. The molecular weight excluding hydrogens is 328 g/mol. The molecule has 0 amide bonds. The van der Waals surface area contributed by atoms with Gasteiger partial charge in [0.05, 0.1) is 23.4 Å². The highest BCUT2D eigenvalue weighted by atomic mass is 79.9. The SMILES string of the molecule is Brc1ccc2nc(OCCN3CCOCC3)sc2c1. The second kappa shape index (κ2) is 6.17. The Labute approximate surface area is 124 Å². The van der Waals surface area contributed by atoms with Crippen LogP contribution in [0.15, 0.2) is 22.7 Å². The van der Waals surface area contributed by atoms with Crippen molar-refractivity contribution in [2.75, 3.05) is 39.5 Å². The molecule has 0 spiro atoms. The molecule has 3 rings (SSSR count). The molecule has 1 fully saturated rings. The summed E-state index contributed by atoms with van der Waals surface area (Å²) in [5.41, 5.74) is 0.995. The third-order valence-corrected chi connectivity index (χ3v) is 4.49. The first-order valence-electron chi connectivity index (χ1n) is 6.30. The second-order valence-electron chi connectivity index (χ2n) is 4.39. The lowest BCUT2D eigenvalue weighted by Crippen LogP contribution is -2.38. The number of benzene rings is 1. The molecule has 6 heteroatoms. The van der Waals surface area contributed by atoms with Crippen LogP contribution in [0, 0.1) is 0 Å². The van der Waals surface area contributed by atoms with E-state index in [-0.39, 0.29) is 0 Å². The van der Waals surface area contributed by atoms with Gasteiger partial charge in [-0.25, -0.2) is 4.98 Å². The number of hydrogen-bond donors (Lipinski definition) is 0. The fourth-order valence-corrected chi connectivity index (χ4v) is 3.42. The highest BCUT2D eigenvalue weighted by molar-refractivity contribution is 9.10. The lowest BCUT2D eigenvalue weighted by Gasteiger charge is -2.26. The van der Waals surface area contributed by atoms with Gasteiger partial charge in [-0.1, -0.05) is 27.3 Å². The van der Waals surface area contributed by atoms with E-state index in [0.29, 0.717) is 6.61 Å². The van der Waals surface area contributed by atoms with Gasteiger partial charge in [0.1, 0.15) is 6.61 Å². The van der Waals surface area contributed by atoms with Crippen molar-refractivity contribution >= 4 is 37.5 Å². The summed E-state index contributed by atoms with van der Waals surface area (Å²) in [6, 6.07) is 6.08. The Morgan fingerprint density at radius 3 is 3.05 bits per heavy atom. The van der Waals surface area contributed by atoms with E-state index in [0.717, 1.165) is 52.7 Å². The van der Waals surface area contributed by atoms with Crippen LogP contribution in [0.4, 0.5) is 0 Å². The van der Waals surface area contributed by atoms with Crippen LogP contribution in [0.3, 0.4) is 0 Å². The molecule has 2 heterocycles. The molecule has 1 aliphatic rings. The molecule has 1 aromatic carbocycles. The van der Waals surface area contributed by atoms with Crippen LogP contribution in [0.5, 0.6) is 5.19 Å². The molecule has 2 aromatic rings. The normalized spacial score (nSPS) is 16.9. The molecule has 0 unspecified atom stereocenters. The van der Waals surface area contributed by atoms with Gasteiger partial charge in [-0.05, 0) is 18.2 Å². The number of thiazole rings is 1. The second-order valence-corrected chi connectivity index (χ2v) is 6.30. The minimum Gasteiger partial charge on any atom is -0.469 e. The van der Waals surface area contributed by atoms with E-state index < -0.39 is 0 Å². The summed E-state index contributed by atoms with van der Waals surface area (Å²) in [4.78, 5) is 6.82. The number of halogens is 1. The van der Waals surface area contributed by atoms with Crippen LogP contribution in [0.25, 0.3) is 10.2 Å². The van der Waals surface area contributed by atoms with Crippen molar-refractivity contribution in [3.8, 4) is 5.19 Å². The van der Waals surface area contributed by atoms with Gasteiger partial charge in [-0.2, -0.15) is 0 Å². The van der Waals surface area contributed by atoms with Gasteiger partial charge >= 0.3 is 0 Å². The summed E-state index contributed by atoms with van der Waals surface area (Å²) in [7, 11) is 0. The maximum absolute atomic E-state index is 5.74. The number of nitrogens with zero attached hydrogens (tertiary/aromatic N) is 2. The van der Waals surface area contributed by atoms with E-state index in [1.54, 1.807) is 11.3 Å². The fourth-order valence-electron chi connectivity index (χ4n) is 2.03. The lowest BCUT2D eigenvalue weighted by molar-refractivity contribution is 0.0322. The van der Waals surface area contributed by atoms with Gasteiger partial charge in [-0.15, -0.1) is 0 Å². The van der Waals surface area contributed by atoms with Crippen LogP contribution in [-0.4, -0.2) is 49.3 Å². The molecule has 0 saturated carbocycles. The fraction of sp³-hybridized carbons (Fsp3) is 0.462. The highest BCUT2D eigenvalue weighted by Gasteiger charge is 2.10. The summed E-state index contributed by atoms with van der Waals surface area (Å²) in [5, 5.41) is 0.751. The first-order valence-corrected chi connectivity index (χ1v) is 7.91. The van der Waals surface area contributed by atoms with Crippen molar-refractivity contribution in [3.63, 3.8) is 0 Å². The van der Waals surface area contributed by atoms with E-state index in [1.165, 1.54) is 0 Å². The zero-order chi connectivity index (χ0) is 13.1. The Hall–Kier alpha value is -0.690. The third kappa shape index (κ3) is 3.45. The van der Waals surface area contributed by atoms with E-state index >= 15 is 0 Å². The van der Waals surface area contributed by atoms with Crippen molar-refractivity contribution in [3.05, 3.63) is 22.7 Å². The predicted molar refractivity (Wildman–Crippen MR) is 80.1 cm³/mol. The van der Waals surface area contributed by atoms with Crippen molar-refractivity contribution in [2.24, 2.45) is 0 Å². The third-order valence-electron chi connectivity index (χ3n) is 3.07. The average Bonchev–Trinajstić information content (AvgIpc) is 2.82. The summed E-state index contributed by atoms with van der Waals surface area (Å²) < 4.78 is 13.3. The van der Waals surface area contributed by atoms with E-state index in [1.807, 2.05) is 12.1 Å². The molecule has 1 saturated heterocycles. The smallest absolute Gasteiger partial charge is 0.274 e. The molecular formula is C13H15BrN2O2S. The monoisotopic (exact) mass is 342 g/mol. The molecule has 1 aromatic heterocycles. The van der Waals surface area contributed by atoms with Gasteiger partial charge < -0.3 is 9.47 Å². The van der Waals surface area contributed by atoms with E-state index in [2.05, 4.69) is 31.9 Å². The molecule has 0 bridgehead atoms. The number of ether oxygens (including phenoxy) is 2. The Morgan fingerprint density at radius 2 is 2.21 bits per heavy atom. The first-order chi connectivity index (χ1) is 9.31. The Kier molecular flexibility index (Phi) is 4.32. The topological polar surface area (TPSA) is 34.6 Å². The molecule has 0 N–H and O–H groups in total. The molecule has 102 valence electrons. The number of hydrogen-bond acceptors (Lipinski definition) is 5. The highest BCUT2D eigenvalue weighted by Crippen LogP contribution is 2.29. The number of rotatable bonds is 4. The van der Waals surface area contributed by atoms with Crippen molar-refractivity contribution in [1.82, 2.24) is 9.88 Å². The largest absolute Gasteiger partial charge is 0.469 e. The minimum absolute atomic E-state index is 0.682. The maximum Gasteiger partial charge on any atom is 0.274 e. The van der Waals surface area contributed by atoms with Crippen molar-refractivity contribution < 1.29 is 9.47 Å². The summed E-state index contributed by atoms with van der Waals surface area (Å²) in [6.45, 7) is 5.26. The Bertz CT molecular complexity index is 555. The van der Waals surface area contributed by atoms with E-state index in [4.69, 9.17) is 9.47 Å². The quantitative estimate of drug-likeness (QED) is 0.855. The van der Waals surface area contributed by atoms with Gasteiger partial charge in [0.25, 0.3) is 5.19 Å². The summed E-state index contributed by atoms with van der Waals surface area (Å²) in [6.07, 6.45) is 0. The molecule has 1 aliphatic heterocycles. The van der Waals surface area contributed by atoms with Crippen molar-refractivity contribution in [2.45, 2.75) is 0 Å². The standard InChI is InChI=1S/C13H15BrN2O2S/c14-10-1-2-11-12(9-10)19-13(15-11)18-8-5-16-3-6-17-7-4-16/h1-2,9H,3-8H2. The van der Waals surface area contributed by atoms with Crippen LogP contribution in [-0.2, 0) is 4.74 Å². The van der Waals surface area contributed by atoms with Gasteiger partial charge in [0.15, 0.2) is 0 Å². The van der Waals surface area contributed by atoms with Crippen LogP contribution in [0.1, 0.15) is 0 Å². The Morgan fingerprint density at radius 1 is 1.37 bits per heavy atom. The van der Waals surface area contributed by atoms with Gasteiger partial charge in [0.2, 0.25) is 0 Å². The van der Waals surface area contributed by atoms with Crippen LogP contribution in [0.2, 0.25) is 0 Å². The maximum atomic E-state index is 5.74. The average molecular weight is 343 g/mol. The molecule has 0 aliphatic carbocycles. The number of aromatic nitrogens is 1. The molecule has 4 nitrogen and oxygen atoms in total. The van der Waals surface area contributed by atoms with Gasteiger partial charge in [0, 0.05) is 24.1 Å². The van der Waals surface area contributed by atoms with Crippen molar-refractivity contribution in [1.29, 1.82) is 0 Å². The summed E-state index contributed by atoms with van der Waals surface area (Å²) >= 11 is 5.06. The van der Waals surface area contributed by atoms with Crippen LogP contribution < -0.4 is 4.74 Å². The number of morpholine rings is 1. The first kappa shape index (κ1) is 13.3. The molecule has 0 radical (unpaired) electrons. The molecule has 0 atom stereocenters. The van der Waals surface area contributed by atoms with Gasteiger partial charge in [-0.3, -0.25) is 4.90 Å². The summed E-state index contributed by atoms with van der Waals surface area (Å²) in [5.74, 6) is 0. The molecule has 19 heavy (non-hydrogen) atoms. The van der Waals surface area contributed by atoms with E-state index in [9.17, 15) is 0 Å². The Balaban J connectivity index is 1.56. The lowest BCUT2D eigenvalue weighted by atomic mass is 10.3. The zero-order valence-corrected chi connectivity index (χ0v) is 12.9. The number of fused-ring (bicyclic) bond motifs is 1. The van der Waals surface area contributed by atoms with Crippen LogP contribution >= 0.6 is 27.3 Å².